The zero-order valence-corrected chi connectivity index (χ0v) is 20.5. The van der Waals surface area contributed by atoms with E-state index in [1.165, 1.54) is 0 Å². The van der Waals surface area contributed by atoms with Gasteiger partial charge >= 0.3 is 0 Å². The Balaban J connectivity index is 1.62. The number of halogens is 2. The van der Waals surface area contributed by atoms with Crippen molar-refractivity contribution >= 4 is 57.3 Å². The third kappa shape index (κ3) is 5.89. The Morgan fingerprint density at radius 2 is 1.91 bits per heavy atom. The molecule has 3 aromatic rings. The number of anilines is 4. The van der Waals surface area contributed by atoms with Crippen LogP contribution in [0, 0.1) is 6.92 Å². The molecular weight excluding hydrogens is 510 g/mol. The number of morpholine rings is 1. The van der Waals surface area contributed by atoms with E-state index in [4.69, 9.17) is 21.1 Å². The Morgan fingerprint density at radius 3 is 2.70 bits per heavy atom. The molecule has 1 saturated heterocycles. The minimum Gasteiger partial charge on any atom is -0.496 e. The van der Waals surface area contributed by atoms with Gasteiger partial charge in [0.15, 0.2) is 0 Å². The minimum atomic E-state index is 0.300. The van der Waals surface area contributed by atoms with Crippen LogP contribution in [-0.2, 0) is 4.74 Å². The molecule has 0 atom stereocenters. The lowest BCUT2D eigenvalue weighted by Crippen LogP contribution is -2.37. The van der Waals surface area contributed by atoms with Crippen molar-refractivity contribution in [2.75, 3.05) is 49.1 Å². The zero-order valence-electron chi connectivity index (χ0n) is 18.2. The summed E-state index contributed by atoms with van der Waals surface area (Å²) in [7, 11) is 1.62. The highest BCUT2D eigenvalue weighted by Gasteiger charge is 2.17. The summed E-state index contributed by atoms with van der Waals surface area (Å²) in [5.41, 5.74) is 5.44. The van der Waals surface area contributed by atoms with Gasteiger partial charge in [0.05, 0.1) is 32.2 Å². The third-order valence-corrected chi connectivity index (χ3v) is 5.98. The van der Waals surface area contributed by atoms with E-state index in [1.54, 1.807) is 13.3 Å². The van der Waals surface area contributed by atoms with Gasteiger partial charge in [-0.3, -0.25) is 0 Å². The first-order valence-corrected chi connectivity index (χ1v) is 11.4. The Hall–Kier alpha value is -2.95. The van der Waals surface area contributed by atoms with Gasteiger partial charge in [-0.1, -0.05) is 23.7 Å². The number of benzene rings is 2. The lowest BCUT2D eigenvalue weighted by Gasteiger charge is -2.27. The maximum absolute atomic E-state index is 6.31. The van der Waals surface area contributed by atoms with Crippen molar-refractivity contribution in [3.8, 4) is 5.75 Å². The fraction of sp³-hybridized carbons (Fsp3) is 0.273. The molecule has 2 N–H and O–H groups in total. The number of methoxy groups -OCH3 is 1. The first kappa shape index (κ1) is 23.2. The smallest absolute Gasteiger partial charge is 0.250 e. The molecule has 0 aliphatic carbocycles. The van der Waals surface area contributed by atoms with Crippen molar-refractivity contribution in [2.24, 2.45) is 5.10 Å². The Morgan fingerprint density at radius 1 is 1.15 bits per heavy atom. The lowest BCUT2D eigenvalue weighted by molar-refractivity contribution is 0.122. The van der Waals surface area contributed by atoms with Crippen molar-refractivity contribution in [1.29, 1.82) is 0 Å². The van der Waals surface area contributed by atoms with Gasteiger partial charge in [0.25, 0.3) is 0 Å². The molecule has 33 heavy (non-hydrogen) atoms. The monoisotopic (exact) mass is 531 g/mol. The van der Waals surface area contributed by atoms with Gasteiger partial charge in [0, 0.05) is 28.1 Å². The zero-order chi connectivity index (χ0) is 23.2. The molecule has 1 aliphatic rings. The van der Waals surface area contributed by atoms with Crippen LogP contribution in [-0.4, -0.2) is 54.6 Å². The molecule has 2 heterocycles. The summed E-state index contributed by atoms with van der Waals surface area (Å²) < 4.78 is 11.7. The van der Waals surface area contributed by atoms with E-state index in [9.17, 15) is 0 Å². The fourth-order valence-corrected chi connectivity index (χ4v) is 3.89. The summed E-state index contributed by atoms with van der Waals surface area (Å²) in [6, 6.07) is 11.3. The largest absolute Gasteiger partial charge is 0.496 e. The number of aromatic nitrogens is 3. The molecule has 4 rings (SSSR count). The first-order valence-electron chi connectivity index (χ1n) is 10.3. The molecule has 11 heteroatoms. The number of ether oxygens (including phenoxy) is 2. The Bertz CT molecular complexity index is 1160. The molecule has 1 fully saturated rings. The quantitative estimate of drug-likeness (QED) is 0.336. The second-order valence-corrected chi connectivity index (χ2v) is 8.46. The molecule has 0 radical (unpaired) electrons. The molecule has 0 unspecified atom stereocenters. The fourth-order valence-electron chi connectivity index (χ4n) is 3.17. The summed E-state index contributed by atoms with van der Waals surface area (Å²) in [6.45, 7) is 4.55. The number of rotatable bonds is 7. The van der Waals surface area contributed by atoms with Crippen LogP contribution >= 0.6 is 27.5 Å². The van der Waals surface area contributed by atoms with Crippen LogP contribution in [0.1, 0.15) is 11.1 Å². The topological polar surface area (TPSA) is 96.8 Å². The molecule has 1 aromatic heterocycles. The van der Waals surface area contributed by atoms with Crippen LogP contribution in [0.5, 0.6) is 5.75 Å². The molecule has 2 aromatic carbocycles. The summed E-state index contributed by atoms with van der Waals surface area (Å²) in [5, 5.41) is 8.15. The first-order chi connectivity index (χ1) is 16.0. The maximum atomic E-state index is 6.31. The number of hydrazone groups is 1. The molecule has 9 nitrogen and oxygen atoms in total. The van der Waals surface area contributed by atoms with E-state index in [2.05, 4.69) is 46.7 Å². The highest BCUT2D eigenvalue weighted by Crippen LogP contribution is 2.31. The predicted molar refractivity (Wildman–Crippen MR) is 134 cm³/mol. The SMILES string of the molecule is COc1ccccc1/C=N/Nc1nc(Nc2cc(Cl)c(C)cc2Br)nc(N2CCOCC2)n1. The average Bonchev–Trinajstić information content (AvgIpc) is 2.83. The van der Waals surface area contributed by atoms with Gasteiger partial charge in [-0.05, 0) is 52.7 Å². The van der Waals surface area contributed by atoms with E-state index in [1.807, 2.05) is 48.2 Å². The number of para-hydroxylation sites is 1. The van der Waals surface area contributed by atoms with Gasteiger partial charge in [0.2, 0.25) is 17.8 Å². The van der Waals surface area contributed by atoms with Crippen LogP contribution < -0.4 is 20.4 Å². The third-order valence-electron chi connectivity index (χ3n) is 4.92. The van der Waals surface area contributed by atoms with E-state index < -0.39 is 0 Å². The summed E-state index contributed by atoms with van der Waals surface area (Å²) >= 11 is 9.87. The van der Waals surface area contributed by atoms with Crippen molar-refractivity contribution in [1.82, 2.24) is 15.0 Å². The van der Waals surface area contributed by atoms with Crippen molar-refractivity contribution in [2.45, 2.75) is 6.92 Å². The second kappa shape index (κ2) is 10.8. The van der Waals surface area contributed by atoms with Crippen LogP contribution in [0.4, 0.5) is 23.5 Å². The molecule has 0 spiro atoms. The molecule has 1 aliphatic heterocycles. The van der Waals surface area contributed by atoms with E-state index in [-0.39, 0.29) is 0 Å². The van der Waals surface area contributed by atoms with Gasteiger partial charge in [-0.15, -0.1) is 0 Å². The van der Waals surface area contributed by atoms with E-state index in [0.717, 1.165) is 27.0 Å². The predicted octanol–water partition coefficient (Wildman–Crippen LogP) is 4.63. The number of nitrogens with zero attached hydrogens (tertiary/aromatic N) is 5. The van der Waals surface area contributed by atoms with Crippen molar-refractivity contribution < 1.29 is 9.47 Å². The van der Waals surface area contributed by atoms with Crippen LogP contribution in [0.3, 0.4) is 0 Å². The number of nitrogens with one attached hydrogen (secondary N) is 2. The summed E-state index contributed by atoms with van der Waals surface area (Å²) in [5.74, 6) is 1.91. The normalized spacial score (nSPS) is 13.9. The van der Waals surface area contributed by atoms with Gasteiger partial charge in [0.1, 0.15) is 5.75 Å². The van der Waals surface area contributed by atoms with Gasteiger partial charge in [-0.25, -0.2) is 5.43 Å². The number of aryl methyl sites for hydroxylation is 1. The van der Waals surface area contributed by atoms with E-state index >= 15 is 0 Å². The number of hydrogen-bond donors (Lipinski definition) is 2. The highest BCUT2D eigenvalue weighted by molar-refractivity contribution is 9.10. The van der Waals surface area contributed by atoms with E-state index in [0.29, 0.717) is 49.2 Å². The Labute approximate surface area is 205 Å². The second-order valence-electron chi connectivity index (χ2n) is 7.20. The average molecular weight is 533 g/mol. The van der Waals surface area contributed by atoms with Crippen molar-refractivity contribution in [3.05, 3.63) is 57.0 Å². The molecule has 0 saturated carbocycles. The Kier molecular flexibility index (Phi) is 7.58. The molecular formula is C22H23BrClN7O2. The number of hydrogen-bond acceptors (Lipinski definition) is 9. The standard InChI is InChI=1S/C22H23BrClN7O2/c1-14-11-16(23)18(12-17(14)24)26-20-27-21(29-22(28-20)31-7-9-33-10-8-31)30-25-13-15-5-3-4-6-19(15)32-2/h3-6,11-13H,7-10H2,1-2H3,(H2,26,27,28,29,30)/b25-13+. The lowest BCUT2D eigenvalue weighted by atomic mass is 10.2. The van der Waals surface area contributed by atoms with Crippen LogP contribution in [0.25, 0.3) is 0 Å². The summed E-state index contributed by atoms with van der Waals surface area (Å²) in [4.78, 5) is 15.7. The van der Waals surface area contributed by atoms with Crippen LogP contribution in [0.15, 0.2) is 46.0 Å². The molecule has 0 bridgehead atoms. The maximum Gasteiger partial charge on any atom is 0.250 e. The van der Waals surface area contributed by atoms with Gasteiger partial charge in [-0.2, -0.15) is 20.1 Å². The molecule has 172 valence electrons. The highest BCUT2D eigenvalue weighted by atomic mass is 79.9. The minimum absolute atomic E-state index is 0.300. The van der Waals surface area contributed by atoms with Gasteiger partial charge < -0.3 is 19.7 Å². The van der Waals surface area contributed by atoms with Crippen molar-refractivity contribution in [3.63, 3.8) is 0 Å². The molecule has 0 amide bonds. The summed E-state index contributed by atoms with van der Waals surface area (Å²) in [6.07, 6.45) is 1.65. The van der Waals surface area contributed by atoms with Crippen LogP contribution in [0.2, 0.25) is 5.02 Å².